The molecule has 0 fully saturated rings. The van der Waals surface area contributed by atoms with Crippen molar-refractivity contribution in [3.63, 3.8) is 0 Å². The Morgan fingerprint density at radius 3 is 1.26 bits per heavy atom. The molecule has 0 spiro atoms. The van der Waals surface area contributed by atoms with Crippen LogP contribution in [-0.4, -0.2) is 65.6 Å². The summed E-state index contributed by atoms with van der Waals surface area (Å²) >= 11 is 15.4. The van der Waals surface area contributed by atoms with E-state index in [1.165, 1.54) is 0 Å². The van der Waals surface area contributed by atoms with Gasteiger partial charge in [-0.1, -0.05) is 71.8 Å². The Bertz CT molecular complexity index is 2030. The fourth-order valence-corrected chi connectivity index (χ4v) is 10.4. The third kappa shape index (κ3) is 14.7. The van der Waals surface area contributed by atoms with Gasteiger partial charge < -0.3 is 18.9 Å². The highest BCUT2D eigenvalue weighted by molar-refractivity contribution is 7.84. The molecule has 0 aliphatic heterocycles. The lowest BCUT2D eigenvalue weighted by Gasteiger charge is -2.20. The average Bonchev–Trinajstić information content (AvgIpc) is 3.16. The van der Waals surface area contributed by atoms with Gasteiger partial charge >= 0.3 is 20.7 Å². The highest BCUT2D eigenvalue weighted by Gasteiger charge is 2.39. The maximum atomic E-state index is 13.7. The van der Waals surface area contributed by atoms with Crippen molar-refractivity contribution in [3.8, 4) is 0 Å². The summed E-state index contributed by atoms with van der Waals surface area (Å²) in [5, 5.41) is 9.30. The second-order valence-corrected chi connectivity index (χ2v) is 18.5. The minimum absolute atomic E-state index is 0.0819. The molecule has 4 rings (SSSR count). The van der Waals surface area contributed by atoms with E-state index in [-0.39, 0.29) is 50.4 Å². The Labute approximate surface area is 350 Å². The molecule has 0 radical (unpaired) electrons. The second kappa shape index (κ2) is 24.5. The van der Waals surface area contributed by atoms with Gasteiger partial charge in [0.05, 0.1) is 26.2 Å². The summed E-state index contributed by atoms with van der Waals surface area (Å²) in [4.78, 5) is 47.5. The lowest BCUT2D eigenvalue weighted by Crippen LogP contribution is -2.19. The quantitative estimate of drug-likeness (QED) is 0.0357. The number of hydrogen-bond donors (Lipinski definition) is 1. The van der Waals surface area contributed by atoms with E-state index in [0.29, 0.717) is 27.6 Å². The van der Waals surface area contributed by atoms with E-state index >= 15 is 0 Å². The SMILES string of the molecule is Cc1cc(C)c(C(=O)P(=O)(OCCO)c2ccccc2)c(C)c1.Cc1cc(C)c(C(=O)P(=O)(OCCOC(=O)CCCl)c2ccccc2)c(C)c1.O=C(Cl)CCCl. The number of carbonyl (C=O) groups excluding carboxylic acids is 4. The van der Waals surface area contributed by atoms with Crippen molar-refractivity contribution in [1.82, 2.24) is 0 Å². The van der Waals surface area contributed by atoms with Crippen molar-refractivity contribution in [3.05, 3.63) is 129 Å². The summed E-state index contributed by atoms with van der Waals surface area (Å²) in [5.74, 6) is 0.0133. The van der Waals surface area contributed by atoms with Crippen molar-refractivity contribution in [2.45, 2.75) is 54.4 Å². The molecule has 0 heterocycles. The number of aryl methyl sites for hydroxylation is 6. The Balaban J connectivity index is 0.000000349. The average molecular weight is 882 g/mol. The number of alkyl halides is 2. The van der Waals surface area contributed by atoms with Crippen LogP contribution in [0.15, 0.2) is 84.9 Å². The van der Waals surface area contributed by atoms with Crippen LogP contribution in [0.25, 0.3) is 0 Å². The Kier molecular flexibility index (Phi) is 21.4. The Morgan fingerprint density at radius 1 is 0.579 bits per heavy atom. The highest BCUT2D eigenvalue weighted by atomic mass is 35.5. The Hall–Kier alpha value is -3.43. The largest absolute Gasteiger partial charge is 0.463 e. The predicted molar refractivity (Wildman–Crippen MR) is 229 cm³/mol. The summed E-state index contributed by atoms with van der Waals surface area (Å²) in [7, 11) is -7.65. The normalized spacial score (nSPS) is 12.7. The van der Waals surface area contributed by atoms with Crippen molar-refractivity contribution in [1.29, 1.82) is 0 Å². The van der Waals surface area contributed by atoms with Crippen LogP contribution in [-0.2, 0) is 32.5 Å². The third-order valence-corrected chi connectivity index (χ3v) is 13.2. The number of aliphatic hydroxyl groups is 1. The van der Waals surface area contributed by atoms with Crippen molar-refractivity contribution < 1.29 is 47.2 Å². The van der Waals surface area contributed by atoms with Crippen LogP contribution in [0.4, 0.5) is 0 Å². The first-order chi connectivity index (χ1) is 27.0. The van der Waals surface area contributed by atoms with Crippen LogP contribution in [0.5, 0.6) is 0 Å². The van der Waals surface area contributed by atoms with Gasteiger partial charge in [0.1, 0.15) is 6.61 Å². The molecular weight excluding hydrogens is 833 g/mol. The molecule has 0 bridgehead atoms. The zero-order chi connectivity index (χ0) is 42.8. The molecule has 2 atom stereocenters. The first-order valence-electron chi connectivity index (χ1n) is 17.9. The molecule has 57 heavy (non-hydrogen) atoms. The van der Waals surface area contributed by atoms with E-state index in [1.807, 2.05) is 65.8 Å². The van der Waals surface area contributed by atoms with E-state index < -0.39 is 31.8 Å². The summed E-state index contributed by atoms with van der Waals surface area (Å²) in [6.45, 7) is 10.5. The predicted octanol–water partition coefficient (Wildman–Crippen LogP) is 9.29. The Morgan fingerprint density at radius 2 is 0.947 bits per heavy atom. The van der Waals surface area contributed by atoms with Crippen molar-refractivity contribution in [2.75, 3.05) is 38.2 Å². The van der Waals surface area contributed by atoms with Crippen LogP contribution in [0.1, 0.15) is 66.9 Å². The zero-order valence-corrected chi connectivity index (χ0v) is 36.9. The van der Waals surface area contributed by atoms with Gasteiger partial charge in [0.15, 0.2) is 0 Å². The number of benzene rings is 4. The number of hydrogen-bond acceptors (Lipinski definition) is 10. The highest BCUT2D eigenvalue weighted by Crippen LogP contribution is 2.51. The van der Waals surface area contributed by atoms with E-state index in [1.54, 1.807) is 60.7 Å². The number of halogens is 3. The molecule has 0 aliphatic carbocycles. The van der Waals surface area contributed by atoms with Gasteiger partial charge in [-0.3, -0.25) is 28.3 Å². The maximum absolute atomic E-state index is 13.7. The molecule has 1 N–H and O–H groups in total. The molecule has 0 aromatic heterocycles. The topological polar surface area (TPSA) is 150 Å². The molecule has 15 heteroatoms. The van der Waals surface area contributed by atoms with Crippen LogP contribution in [0.2, 0.25) is 0 Å². The molecule has 4 aromatic rings. The second-order valence-electron chi connectivity index (χ2n) is 12.8. The molecule has 308 valence electrons. The fraction of sp³-hybridized carbons (Fsp3) is 0.333. The van der Waals surface area contributed by atoms with Gasteiger partial charge in [0.25, 0.3) is 11.0 Å². The van der Waals surface area contributed by atoms with Crippen LogP contribution >= 0.6 is 49.5 Å². The zero-order valence-electron chi connectivity index (χ0n) is 32.9. The van der Waals surface area contributed by atoms with Crippen LogP contribution in [0.3, 0.4) is 0 Å². The third-order valence-electron chi connectivity index (χ3n) is 8.08. The molecule has 2 unspecified atom stereocenters. The van der Waals surface area contributed by atoms with E-state index in [0.717, 1.165) is 33.4 Å². The van der Waals surface area contributed by atoms with Gasteiger partial charge in [0.2, 0.25) is 5.24 Å². The van der Waals surface area contributed by atoms with Crippen molar-refractivity contribution in [2.24, 2.45) is 0 Å². The molecule has 0 saturated heterocycles. The monoisotopic (exact) mass is 880 g/mol. The van der Waals surface area contributed by atoms with Crippen LogP contribution in [0, 0.1) is 41.5 Å². The van der Waals surface area contributed by atoms with Gasteiger partial charge in [-0.25, -0.2) is 0 Å². The standard InChI is InChI=1S/C21H24ClO5P.C18H21O4P.C3H4Cl2O/c1-15-13-16(2)20(17(3)14-15)21(24)28(25,18-7-5-4-6-8-18)27-12-11-26-19(23)9-10-22;1-13-11-14(2)17(15(3)12-13)18(20)23(21,22-10-9-19)16-7-5-4-6-8-16;4-2-1-3(5)6/h4-8,13-14H,9-12H2,1-3H3;4-8,11-12,19H,9-10H2,1-3H3;1-2H2. The van der Waals surface area contributed by atoms with Gasteiger partial charge in [-0.2, -0.15) is 0 Å². The van der Waals surface area contributed by atoms with Gasteiger partial charge in [-0.15, -0.1) is 23.2 Å². The smallest absolute Gasteiger partial charge is 0.307 e. The molecule has 0 saturated carbocycles. The van der Waals surface area contributed by atoms with Gasteiger partial charge in [-0.05, 0) is 99.7 Å². The van der Waals surface area contributed by atoms with Gasteiger partial charge in [0, 0.05) is 39.9 Å². The number of aliphatic hydroxyl groups excluding tert-OH is 1. The number of ether oxygens (including phenoxy) is 1. The number of rotatable bonds is 17. The minimum atomic E-state index is -3.89. The summed E-state index contributed by atoms with van der Waals surface area (Å²) in [6, 6.07) is 24.4. The first-order valence-corrected chi connectivity index (χ1v) is 22.6. The number of esters is 1. The van der Waals surface area contributed by atoms with Crippen molar-refractivity contribution >= 4 is 82.4 Å². The fourth-order valence-electron chi connectivity index (χ4n) is 5.79. The first kappa shape index (κ1) is 49.7. The molecule has 4 aromatic carbocycles. The van der Waals surface area contributed by atoms with Crippen LogP contribution < -0.4 is 10.6 Å². The summed E-state index contributed by atoms with van der Waals surface area (Å²) in [5.41, 5.74) is 4.86. The lowest BCUT2D eigenvalue weighted by molar-refractivity contribution is -0.143. The van der Waals surface area contributed by atoms with E-state index in [4.69, 9.17) is 53.7 Å². The van der Waals surface area contributed by atoms with E-state index in [9.17, 15) is 28.3 Å². The molecule has 0 aliphatic rings. The van der Waals surface area contributed by atoms with E-state index in [2.05, 4.69) is 0 Å². The maximum Gasteiger partial charge on any atom is 0.307 e. The summed E-state index contributed by atoms with van der Waals surface area (Å²) < 4.78 is 43.1. The number of carbonyl (C=O) groups is 4. The summed E-state index contributed by atoms with van der Waals surface area (Å²) in [6.07, 6.45) is 0.349. The lowest BCUT2D eigenvalue weighted by atomic mass is 10.0. The molecular formula is C42H49Cl3O10P2. The molecule has 0 amide bonds. The molecule has 10 nitrogen and oxygen atoms in total. The minimum Gasteiger partial charge on any atom is -0.463 e.